The second-order valence-electron chi connectivity index (χ2n) is 6.72. The average molecular weight is 331 g/mol. The lowest BCUT2D eigenvalue weighted by atomic mass is 10.1. The summed E-state index contributed by atoms with van der Waals surface area (Å²) < 4.78 is 0. The Labute approximate surface area is 142 Å². The standard InChI is InChI=1S/C18H25N3O3/c1-13-2-4-14(5-3-13)10-17(23)20-6-8-21(9-7-20)18(24)16-11-15(22)12-19-16/h2-5,15-16,19,22H,6-12H2,1H3. The molecule has 2 heterocycles. The highest BCUT2D eigenvalue weighted by Gasteiger charge is 2.33. The summed E-state index contributed by atoms with van der Waals surface area (Å²) >= 11 is 0. The van der Waals surface area contributed by atoms with Gasteiger partial charge in [0.05, 0.1) is 18.6 Å². The van der Waals surface area contributed by atoms with Crippen molar-refractivity contribution in [3.63, 3.8) is 0 Å². The van der Waals surface area contributed by atoms with E-state index in [4.69, 9.17) is 0 Å². The molecule has 0 radical (unpaired) electrons. The van der Waals surface area contributed by atoms with E-state index in [0.717, 1.165) is 5.56 Å². The van der Waals surface area contributed by atoms with E-state index in [1.165, 1.54) is 5.56 Å². The molecule has 2 aliphatic rings. The molecule has 2 amide bonds. The number of aliphatic hydroxyl groups excluding tert-OH is 1. The maximum absolute atomic E-state index is 12.4. The van der Waals surface area contributed by atoms with Crippen molar-refractivity contribution in [1.82, 2.24) is 15.1 Å². The van der Waals surface area contributed by atoms with Gasteiger partial charge in [-0.3, -0.25) is 9.59 Å². The third-order valence-corrected chi connectivity index (χ3v) is 4.83. The van der Waals surface area contributed by atoms with Crippen molar-refractivity contribution in [3.05, 3.63) is 35.4 Å². The first-order valence-electron chi connectivity index (χ1n) is 8.56. The first-order valence-corrected chi connectivity index (χ1v) is 8.56. The molecule has 2 aliphatic heterocycles. The van der Waals surface area contributed by atoms with Crippen molar-refractivity contribution in [2.75, 3.05) is 32.7 Å². The molecule has 2 atom stereocenters. The van der Waals surface area contributed by atoms with E-state index >= 15 is 0 Å². The zero-order valence-corrected chi connectivity index (χ0v) is 14.1. The predicted molar refractivity (Wildman–Crippen MR) is 90.5 cm³/mol. The van der Waals surface area contributed by atoms with Crippen molar-refractivity contribution < 1.29 is 14.7 Å². The molecule has 2 N–H and O–H groups in total. The molecule has 2 saturated heterocycles. The van der Waals surface area contributed by atoms with Crippen LogP contribution in [0.5, 0.6) is 0 Å². The van der Waals surface area contributed by atoms with E-state index in [1.807, 2.05) is 36.1 Å². The minimum absolute atomic E-state index is 0.0391. The lowest BCUT2D eigenvalue weighted by molar-refractivity contribution is -0.140. The third kappa shape index (κ3) is 3.94. The van der Waals surface area contributed by atoms with Crippen LogP contribution < -0.4 is 5.32 Å². The maximum Gasteiger partial charge on any atom is 0.239 e. The van der Waals surface area contributed by atoms with Crippen LogP contribution in [-0.4, -0.2) is 71.6 Å². The van der Waals surface area contributed by atoms with E-state index in [2.05, 4.69) is 5.32 Å². The van der Waals surface area contributed by atoms with E-state index in [9.17, 15) is 14.7 Å². The Balaban J connectivity index is 1.48. The van der Waals surface area contributed by atoms with Gasteiger partial charge >= 0.3 is 0 Å². The molecule has 3 rings (SSSR count). The SMILES string of the molecule is Cc1ccc(CC(=O)N2CCN(C(=O)C3CC(O)CN3)CC2)cc1. The second-order valence-corrected chi connectivity index (χ2v) is 6.72. The predicted octanol–water partition coefficient (Wildman–Crippen LogP) is -0.0689. The summed E-state index contributed by atoms with van der Waals surface area (Å²) in [7, 11) is 0. The number of nitrogens with one attached hydrogen (secondary N) is 1. The smallest absolute Gasteiger partial charge is 0.239 e. The van der Waals surface area contributed by atoms with Crippen molar-refractivity contribution in [1.29, 1.82) is 0 Å². The summed E-state index contributed by atoms with van der Waals surface area (Å²) in [6, 6.07) is 7.73. The number of β-amino-alcohol motifs (C(OH)–C–C–N with tert-alkyl or cyclic N) is 1. The van der Waals surface area contributed by atoms with Gasteiger partial charge in [-0.2, -0.15) is 0 Å². The number of hydrogen-bond acceptors (Lipinski definition) is 4. The zero-order valence-electron chi connectivity index (χ0n) is 14.1. The van der Waals surface area contributed by atoms with Gasteiger partial charge in [-0.1, -0.05) is 29.8 Å². The van der Waals surface area contributed by atoms with Crippen molar-refractivity contribution in [2.45, 2.75) is 31.9 Å². The monoisotopic (exact) mass is 331 g/mol. The van der Waals surface area contributed by atoms with Crippen LogP contribution in [0.1, 0.15) is 17.5 Å². The summed E-state index contributed by atoms with van der Waals surface area (Å²) in [4.78, 5) is 28.4. The molecule has 0 aromatic heterocycles. The van der Waals surface area contributed by atoms with Gasteiger partial charge in [-0.25, -0.2) is 0 Å². The number of benzene rings is 1. The molecule has 0 aliphatic carbocycles. The normalized spacial score (nSPS) is 24.2. The highest BCUT2D eigenvalue weighted by molar-refractivity contribution is 5.83. The fourth-order valence-electron chi connectivity index (χ4n) is 3.29. The number of rotatable bonds is 3. The van der Waals surface area contributed by atoms with Crippen LogP contribution in [0.15, 0.2) is 24.3 Å². The van der Waals surface area contributed by atoms with Gasteiger partial charge in [0.2, 0.25) is 11.8 Å². The quantitative estimate of drug-likeness (QED) is 0.813. The van der Waals surface area contributed by atoms with E-state index in [0.29, 0.717) is 45.6 Å². The molecular formula is C18H25N3O3. The van der Waals surface area contributed by atoms with E-state index in [1.54, 1.807) is 4.90 Å². The lowest BCUT2D eigenvalue weighted by Crippen LogP contribution is -2.54. The van der Waals surface area contributed by atoms with Gasteiger partial charge in [-0.15, -0.1) is 0 Å². The molecule has 1 aromatic rings. The maximum atomic E-state index is 12.4. The molecular weight excluding hydrogens is 306 g/mol. The number of amides is 2. The summed E-state index contributed by atoms with van der Waals surface area (Å²) in [6.45, 7) is 4.78. The van der Waals surface area contributed by atoms with Gasteiger partial charge in [0.1, 0.15) is 0 Å². The molecule has 0 spiro atoms. The fraction of sp³-hybridized carbons (Fsp3) is 0.556. The number of hydrogen-bond donors (Lipinski definition) is 2. The Kier molecular flexibility index (Phi) is 5.16. The molecule has 1 aromatic carbocycles. The first kappa shape index (κ1) is 16.9. The molecule has 24 heavy (non-hydrogen) atoms. The average Bonchev–Trinajstić information content (AvgIpc) is 3.03. The van der Waals surface area contributed by atoms with E-state index < -0.39 is 6.10 Å². The molecule has 2 fully saturated rings. The Morgan fingerprint density at radius 2 is 1.75 bits per heavy atom. The Hall–Kier alpha value is -1.92. The minimum atomic E-state index is -0.434. The van der Waals surface area contributed by atoms with E-state index in [-0.39, 0.29) is 17.9 Å². The second kappa shape index (κ2) is 7.32. The number of carbonyl (C=O) groups excluding carboxylic acids is 2. The number of aliphatic hydroxyl groups is 1. The number of aryl methyl sites for hydroxylation is 1. The van der Waals surface area contributed by atoms with Gasteiger partial charge in [0.15, 0.2) is 0 Å². The minimum Gasteiger partial charge on any atom is -0.392 e. The largest absolute Gasteiger partial charge is 0.392 e. The van der Waals surface area contributed by atoms with Crippen LogP contribution in [0, 0.1) is 6.92 Å². The van der Waals surface area contributed by atoms with Crippen LogP contribution in [0.4, 0.5) is 0 Å². The summed E-state index contributed by atoms with van der Waals surface area (Å²) in [5.41, 5.74) is 2.21. The number of nitrogens with zero attached hydrogens (tertiary/aromatic N) is 2. The van der Waals surface area contributed by atoms with Gasteiger partial charge in [0, 0.05) is 32.7 Å². The summed E-state index contributed by atoms with van der Waals surface area (Å²) in [5, 5.41) is 12.6. The summed E-state index contributed by atoms with van der Waals surface area (Å²) in [5.74, 6) is 0.151. The lowest BCUT2D eigenvalue weighted by Gasteiger charge is -2.36. The Morgan fingerprint density at radius 3 is 2.33 bits per heavy atom. The zero-order chi connectivity index (χ0) is 17.1. The molecule has 6 nitrogen and oxygen atoms in total. The topological polar surface area (TPSA) is 72.9 Å². The first-order chi connectivity index (χ1) is 11.5. The molecule has 6 heteroatoms. The van der Waals surface area contributed by atoms with Crippen molar-refractivity contribution in [3.8, 4) is 0 Å². The van der Waals surface area contributed by atoms with Crippen LogP contribution in [0.2, 0.25) is 0 Å². The van der Waals surface area contributed by atoms with Crippen molar-refractivity contribution in [2.24, 2.45) is 0 Å². The number of piperazine rings is 1. The van der Waals surface area contributed by atoms with Gasteiger partial charge < -0.3 is 20.2 Å². The summed E-state index contributed by atoms with van der Waals surface area (Å²) in [6.07, 6.45) is 0.451. The fourth-order valence-corrected chi connectivity index (χ4v) is 3.29. The third-order valence-electron chi connectivity index (χ3n) is 4.83. The van der Waals surface area contributed by atoms with Gasteiger partial charge in [0.25, 0.3) is 0 Å². The Bertz CT molecular complexity index is 594. The molecule has 0 saturated carbocycles. The molecule has 0 bridgehead atoms. The van der Waals surface area contributed by atoms with Crippen LogP contribution in [0.3, 0.4) is 0 Å². The molecule has 2 unspecified atom stereocenters. The number of carbonyl (C=O) groups is 2. The van der Waals surface area contributed by atoms with Crippen LogP contribution in [-0.2, 0) is 16.0 Å². The highest BCUT2D eigenvalue weighted by atomic mass is 16.3. The van der Waals surface area contributed by atoms with Crippen LogP contribution >= 0.6 is 0 Å². The molecule has 130 valence electrons. The van der Waals surface area contributed by atoms with Crippen molar-refractivity contribution >= 4 is 11.8 Å². The highest BCUT2D eigenvalue weighted by Crippen LogP contribution is 2.13. The van der Waals surface area contributed by atoms with Crippen LogP contribution in [0.25, 0.3) is 0 Å². The van der Waals surface area contributed by atoms with Gasteiger partial charge in [-0.05, 0) is 18.9 Å². The Morgan fingerprint density at radius 1 is 1.12 bits per heavy atom.